The molecular formula is C18H16N2O3S. The van der Waals surface area contributed by atoms with Gasteiger partial charge in [0.1, 0.15) is 0 Å². The first-order chi connectivity index (χ1) is 11.6. The molecule has 5 nitrogen and oxygen atoms in total. The van der Waals surface area contributed by atoms with E-state index >= 15 is 0 Å². The third-order valence-corrected chi connectivity index (χ3v) is 4.69. The molecule has 0 saturated heterocycles. The summed E-state index contributed by atoms with van der Waals surface area (Å²) in [6, 6.07) is 14.2. The molecule has 122 valence electrons. The third kappa shape index (κ3) is 3.00. The Kier molecular flexibility index (Phi) is 4.57. The van der Waals surface area contributed by atoms with Crippen molar-refractivity contribution < 1.29 is 14.3 Å². The first kappa shape index (κ1) is 16.1. The summed E-state index contributed by atoms with van der Waals surface area (Å²) in [5.41, 5.74) is 1.80. The Morgan fingerprint density at radius 1 is 1.08 bits per heavy atom. The molecule has 0 aliphatic heterocycles. The lowest BCUT2D eigenvalue weighted by molar-refractivity contribution is 0.0600. The summed E-state index contributed by atoms with van der Waals surface area (Å²) in [6.07, 6.45) is 0. The normalized spacial score (nSPS) is 10.6. The van der Waals surface area contributed by atoms with Crippen LogP contribution in [0.25, 0.3) is 10.2 Å². The fraction of sp³-hybridized carbons (Fsp3) is 0.167. The minimum absolute atomic E-state index is 0.145. The molecule has 24 heavy (non-hydrogen) atoms. The van der Waals surface area contributed by atoms with Gasteiger partial charge in [-0.25, -0.2) is 9.78 Å². The predicted octanol–water partition coefficient (Wildman–Crippen LogP) is 3.75. The molecule has 2 aromatic carbocycles. The second-order valence-electron chi connectivity index (χ2n) is 5.08. The number of aromatic nitrogens is 1. The zero-order valence-corrected chi connectivity index (χ0v) is 14.2. The number of hydrogen-bond donors (Lipinski definition) is 0. The quantitative estimate of drug-likeness (QED) is 0.679. The number of carbonyl (C=O) groups excluding carboxylic acids is 2. The lowest BCUT2D eigenvalue weighted by atomic mass is 10.1. The molecule has 1 amide bonds. The van der Waals surface area contributed by atoms with E-state index in [-0.39, 0.29) is 5.91 Å². The van der Waals surface area contributed by atoms with Crippen LogP contribution in [0.5, 0.6) is 0 Å². The average molecular weight is 340 g/mol. The van der Waals surface area contributed by atoms with E-state index in [0.717, 1.165) is 10.2 Å². The van der Waals surface area contributed by atoms with E-state index in [1.807, 2.05) is 31.2 Å². The molecule has 0 spiro atoms. The molecule has 1 aromatic heterocycles. The van der Waals surface area contributed by atoms with Crippen LogP contribution in [0.3, 0.4) is 0 Å². The number of methoxy groups -OCH3 is 1. The number of carbonyl (C=O) groups is 2. The highest BCUT2D eigenvalue weighted by molar-refractivity contribution is 7.22. The molecule has 0 saturated carbocycles. The second-order valence-corrected chi connectivity index (χ2v) is 6.09. The molecule has 0 bridgehead atoms. The van der Waals surface area contributed by atoms with Crippen molar-refractivity contribution in [1.29, 1.82) is 0 Å². The largest absolute Gasteiger partial charge is 0.465 e. The monoisotopic (exact) mass is 340 g/mol. The van der Waals surface area contributed by atoms with Gasteiger partial charge in [0.2, 0.25) is 0 Å². The van der Waals surface area contributed by atoms with E-state index in [2.05, 4.69) is 9.72 Å². The fourth-order valence-corrected chi connectivity index (χ4v) is 3.39. The van der Waals surface area contributed by atoms with Crippen LogP contribution in [0, 0.1) is 0 Å². The number of amides is 1. The molecule has 3 rings (SSSR count). The Balaban J connectivity index is 1.89. The number of ether oxygens (including phenoxy) is 1. The predicted molar refractivity (Wildman–Crippen MR) is 94.8 cm³/mol. The number of nitrogens with zero attached hydrogens (tertiary/aromatic N) is 2. The highest BCUT2D eigenvalue weighted by Crippen LogP contribution is 2.29. The Morgan fingerprint density at radius 2 is 1.75 bits per heavy atom. The van der Waals surface area contributed by atoms with Crippen LogP contribution in [-0.4, -0.2) is 30.5 Å². The minimum atomic E-state index is -0.424. The van der Waals surface area contributed by atoms with Gasteiger partial charge in [-0.15, -0.1) is 0 Å². The molecule has 6 heteroatoms. The number of benzene rings is 2. The van der Waals surface area contributed by atoms with E-state index in [0.29, 0.717) is 22.8 Å². The van der Waals surface area contributed by atoms with E-state index in [9.17, 15) is 9.59 Å². The SMILES string of the molecule is CCN(C(=O)c1ccc(C(=O)OC)cc1)c1nc2ccccc2s1. The van der Waals surface area contributed by atoms with Crippen LogP contribution in [0.2, 0.25) is 0 Å². The topological polar surface area (TPSA) is 59.5 Å². The van der Waals surface area contributed by atoms with Gasteiger partial charge in [-0.1, -0.05) is 23.5 Å². The Morgan fingerprint density at radius 3 is 2.38 bits per heavy atom. The van der Waals surface area contributed by atoms with Crippen molar-refractivity contribution in [2.24, 2.45) is 0 Å². The van der Waals surface area contributed by atoms with Gasteiger partial charge < -0.3 is 4.74 Å². The van der Waals surface area contributed by atoms with Crippen LogP contribution < -0.4 is 4.90 Å². The standard InChI is InChI=1S/C18H16N2O3S/c1-3-20(18-19-14-6-4-5-7-15(14)24-18)16(21)12-8-10-13(11-9-12)17(22)23-2/h4-11H,3H2,1-2H3. The average Bonchev–Trinajstić information content (AvgIpc) is 3.05. The van der Waals surface area contributed by atoms with Gasteiger partial charge in [-0.05, 0) is 43.3 Å². The van der Waals surface area contributed by atoms with E-state index < -0.39 is 5.97 Å². The van der Waals surface area contributed by atoms with Gasteiger partial charge in [0.15, 0.2) is 5.13 Å². The first-order valence-corrected chi connectivity index (χ1v) is 8.31. The lowest BCUT2D eigenvalue weighted by Gasteiger charge is -2.17. The van der Waals surface area contributed by atoms with Crippen LogP contribution in [-0.2, 0) is 4.74 Å². The number of rotatable bonds is 4. The molecule has 1 heterocycles. The maximum atomic E-state index is 12.8. The minimum Gasteiger partial charge on any atom is -0.465 e. The summed E-state index contributed by atoms with van der Waals surface area (Å²) in [5.74, 6) is -0.569. The Labute approximate surface area is 143 Å². The first-order valence-electron chi connectivity index (χ1n) is 7.50. The summed E-state index contributed by atoms with van der Waals surface area (Å²) >= 11 is 1.48. The molecular weight excluding hydrogens is 324 g/mol. The van der Waals surface area contributed by atoms with Crippen molar-refractivity contribution in [3.8, 4) is 0 Å². The van der Waals surface area contributed by atoms with Crippen LogP contribution in [0.15, 0.2) is 48.5 Å². The zero-order chi connectivity index (χ0) is 17.1. The Hall–Kier alpha value is -2.73. The van der Waals surface area contributed by atoms with Gasteiger partial charge in [0.05, 0.1) is 22.9 Å². The molecule has 0 aliphatic rings. The summed E-state index contributed by atoms with van der Waals surface area (Å²) in [6.45, 7) is 2.42. The van der Waals surface area contributed by atoms with E-state index in [1.54, 1.807) is 29.2 Å². The van der Waals surface area contributed by atoms with Crippen LogP contribution in [0.1, 0.15) is 27.6 Å². The summed E-state index contributed by atoms with van der Waals surface area (Å²) in [5, 5.41) is 0.667. The zero-order valence-electron chi connectivity index (χ0n) is 13.4. The maximum absolute atomic E-state index is 12.8. The van der Waals surface area contributed by atoms with Gasteiger partial charge >= 0.3 is 5.97 Å². The number of fused-ring (bicyclic) bond motifs is 1. The molecule has 0 atom stereocenters. The second kappa shape index (κ2) is 6.80. The van der Waals surface area contributed by atoms with Crippen molar-refractivity contribution >= 4 is 38.6 Å². The molecule has 0 fully saturated rings. The number of esters is 1. The van der Waals surface area contributed by atoms with Gasteiger partial charge in [-0.3, -0.25) is 9.69 Å². The molecule has 0 unspecified atom stereocenters. The Bertz CT molecular complexity index is 854. The third-order valence-electron chi connectivity index (χ3n) is 3.63. The van der Waals surface area contributed by atoms with Crippen molar-refractivity contribution in [3.05, 3.63) is 59.7 Å². The number of hydrogen-bond acceptors (Lipinski definition) is 5. The lowest BCUT2D eigenvalue weighted by Crippen LogP contribution is -2.30. The van der Waals surface area contributed by atoms with Gasteiger partial charge in [0, 0.05) is 12.1 Å². The number of thiazole rings is 1. The van der Waals surface area contributed by atoms with Crippen LogP contribution in [0.4, 0.5) is 5.13 Å². The van der Waals surface area contributed by atoms with Crippen molar-refractivity contribution in [2.75, 3.05) is 18.6 Å². The van der Waals surface area contributed by atoms with Crippen molar-refractivity contribution in [3.63, 3.8) is 0 Å². The number of para-hydroxylation sites is 1. The summed E-state index contributed by atoms with van der Waals surface area (Å²) in [7, 11) is 1.33. The number of anilines is 1. The molecule has 0 N–H and O–H groups in total. The molecule has 0 radical (unpaired) electrons. The molecule has 3 aromatic rings. The van der Waals surface area contributed by atoms with E-state index in [4.69, 9.17) is 0 Å². The highest BCUT2D eigenvalue weighted by atomic mass is 32.1. The van der Waals surface area contributed by atoms with Crippen molar-refractivity contribution in [2.45, 2.75) is 6.92 Å². The van der Waals surface area contributed by atoms with E-state index in [1.165, 1.54) is 18.4 Å². The van der Waals surface area contributed by atoms with Crippen LogP contribution >= 0.6 is 11.3 Å². The van der Waals surface area contributed by atoms with Gasteiger partial charge in [0.25, 0.3) is 5.91 Å². The summed E-state index contributed by atoms with van der Waals surface area (Å²) in [4.78, 5) is 30.4. The molecule has 0 aliphatic carbocycles. The fourth-order valence-electron chi connectivity index (χ4n) is 2.36. The summed E-state index contributed by atoms with van der Waals surface area (Å²) < 4.78 is 5.71. The smallest absolute Gasteiger partial charge is 0.337 e. The maximum Gasteiger partial charge on any atom is 0.337 e. The van der Waals surface area contributed by atoms with Crippen molar-refractivity contribution in [1.82, 2.24) is 4.98 Å². The van der Waals surface area contributed by atoms with Gasteiger partial charge in [-0.2, -0.15) is 0 Å². The highest BCUT2D eigenvalue weighted by Gasteiger charge is 2.20.